The zero-order valence-corrected chi connectivity index (χ0v) is 11.9. The van der Waals surface area contributed by atoms with Gasteiger partial charge in [0.1, 0.15) is 5.82 Å². The number of anilines is 1. The molecule has 1 aliphatic heterocycles. The molecule has 3 N–H and O–H groups in total. The van der Waals surface area contributed by atoms with E-state index in [4.69, 9.17) is 5.73 Å². The van der Waals surface area contributed by atoms with Crippen LogP contribution in [-0.2, 0) is 6.54 Å². The average Bonchev–Trinajstić information content (AvgIpc) is 2.85. The van der Waals surface area contributed by atoms with Crippen LogP contribution in [0.25, 0.3) is 0 Å². The number of benzene rings is 1. The van der Waals surface area contributed by atoms with Gasteiger partial charge in [-0.2, -0.15) is 0 Å². The molecule has 6 heteroatoms. The quantitative estimate of drug-likeness (QED) is 0.908. The minimum atomic E-state index is -0.185. The number of nitrogens with two attached hydrogens (primary N) is 1. The van der Waals surface area contributed by atoms with Gasteiger partial charge < -0.3 is 11.1 Å². The van der Waals surface area contributed by atoms with E-state index in [0.29, 0.717) is 5.13 Å². The van der Waals surface area contributed by atoms with Gasteiger partial charge in [0, 0.05) is 43.3 Å². The number of nitrogens with one attached hydrogen (secondary N) is 1. The Balaban J connectivity index is 1.80. The van der Waals surface area contributed by atoms with Crippen molar-refractivity contribution in [3.63, 3.8) is 0 Å². The number of rotatable bonds is 3. The number of thiazole rings is 1. The van der Waals surface area contributed by atoms with Crippen LogP contribution < -0.4 is 11.1 Å². The molecule has 1 unspecified atom stereocenters. The van der Waals surface area contributed by atoms with Crippen LogP contribution in [0.4, 0.5) is 9.52 Å². The van der Waals surface area contributed by atoms with Crippen molar-refractivity contribution in [2.75, 3.05) is 25.4 Å². The van der Waals surface area contributed by atoms with Crippen molar-refractivity contribution in [1.29, 1.82) is 0 Å². The topological polar surface area (TPSA) is 54.2 Å². The summed E-state index contributed by atoms with van der Waals surface area (Å²) in [4.78, 5) is 7.58. The maximum absolute atomic E-state index is 13.4. The third kappa shape index (κ3) is 2.98. The van der Waals surface area contributed by atoms with Gasteiger partial charge in [0.05, 0.1) is 0 Å². The fourth-order valence-corrected chi connectivity index (χ4v) is 3.28. The predicted molar refractivity (Wildman–Crippen MR) is 78.9 cm³/mol. The second kappa shape index (κ2) is 5.87. The van der Waals surface area contributed by atoms with Gasteiger partial charge in [-0.1, -0.05) is 12.1 Å². The molecule has 2 aromatic rings. The third-order valence-electron chi connectivity index (χ3n) is 3.52. The fourth-order valence-electron chi connectivity index (χ4n) is 2.57. The van der Waals surface area contributed by atoms with E-state index < -0.39 is 0 Å². The molecule has 0 aliphatic carbocycles. The number of hydrogen-bond donors (Lipinski definition) is 2. The Labute approximate surface area is 121 Å². The average molecular weight is 292 g/mol. The Morgan fingerprint density at radius 1 is 1.50 bits per heavy atom. The summed E-state index contributed by atoms with van der Waals surface area (Å²) in [7, 11) is 0. The van der Waals surface area contributed by atoms with Crippen molar-refractivity contribution in [1.82, 2.24) is 15.2 Å². The van der Waals surface area contributed by atoms with Gasteiger partial charge in [-0.3, -0.25) is 4.90 Å². The molecule has 1 saturated heterocycles. The van der Waals surface area contributed by atoms with Crippen LogP contribution in [0.2, 0.25) is 0 Å². The highest BCUT2D eigenvalue weighted by atomic mass is 32.1. The lowest BCUT2D eigenvalue weighted by atomic mass is 10.0. The first-order chi connectivity index (χ1) is 9.72. The summed E-state index contributed by atoms with van der Waals surface area (Å²) >= 11 is 1.51. The van der Waals surface area contributed by atoms with Gasteiger partial charge in [0.15, 0.2) is 5.13 Å². The Kier molecular flexibility index (Phi) is 3.95. The standard InChI is InChI=1S/C14H17FN4S/c15-11-3-1-2-10(6-11)13-8-17-4-5-19(13)9-12-7-18-14(16)20-12/h1-3,6-7,13,17H,4-5,8-9H2,(H2,16,18). The van der Waals surface area contributed by atoms with Gasteiger partial charge in [-0.15, -0.1) is 11.3 Å². The zero-order valence-electron chi connectivity index (χ0n) is 11.1. The molecular weight excluding hydrogens is 275 g/mol. The molecule has 3 rings (SSSR count). The Bertz CT molecular complexity index is 586. The van der Waals surface area contributed by atoms with E-state index in [-0.39, 0.29) is 11.9 Å². The molecule has 20 heavy (non-hydrogen) atoms. The number of nitrogens with zero attached hydrogens (tertiary/aromatic N) is 2. The van der Waals surface area contributed by atoms with Gasteiger partial charge >= 0.3 is 0 Å². The lowest BCUT2D eigenvalue weighted by Crippen LogP contribution is -2.45. The van der Waals surface area contributed by atoms with Crippen LogP contribution in [0, 0.1) is 5.82 Å². The van der Waals surface area contributed by atoms with E-state index in [2.05, 4.69) is 15.2 Å². The smallest absolute Gasteiger partial charge is 0.180 e. The molecule has 1 fully saturated rings. The third-order valence-corrected chi connectivity index (χ3v) is 4.33. The van der Waals surface area contributed by atoms with Crippen molar-refractivity contribution >= 4 is 16.5 Å². The molecule has 2 heterocycles. The zero-order chi connectivity index (χ0) is 13.9. The Morgan fingerprint density at radius 3 is 3.15 bits per heavy atom. The van der Waals surface area contributed by atoms with Crippen molar-refractivity contribution in [2.45, 2.75) is 12.6 Å². The molecule has 0 saturated carbocycles. The molecule has 0 radical (unpaired) electrons. The number of piperazine rings is 1. The largest absolute Gasteiger partial charge is 0.375 e. The number of halogens is 1. The first-order valence-electron chi connectivity index (χ1n) is 6.63. The molecule has 1 aromatic carbocycles. The molecule has 4 nitrogen and oxygen atoms in total. The second-order valence-corrected chi connectivity index (χ2v) is 6.06. The summed E-state index contributed by atoms with van der Waals surface area (Å²) in [6, 6.07) is 7.03. The normalized spacial score (nSPS) is 20.1. The lowest BCUT2D eigenvalue weighted by Gasteiger charge is -2.36. The molecule has 1 aliphatic rings. The van der Waals surface area contributed by atoms with Crippen LogP contribution in [0.1, 0.15) is 16.5 Å². The van der Waals surface area contributed by atoms with E-state index in [1.54, 1.807) is 12.1 Å². The maximum atomic E-state index is 13.4. The van der Waals surface area contributed by atoms with Crippen LogP contribution >= 0.6 is 11.3 Å². The van der Waals surface area contributed by atoms with Crippen LogP contribution in [0.5, 0.6) is 0 Å². The van der Waals surface area contributed by atoms with Crippen LogP contribution in [0.15, 0.2) is 30.5 Å². The first-order valence-corrected chi connectivity index (χ1v) is 7.44. The minimum Gasteiger partial charge on any atom is -0.375 e. The second-order valence-electron chi connectivity index (χ2n) is 4.91. The Hall–Kier alpha value is -1.50. The lowest BCUT2D eigenvalue weighted by molar-refractivity contribution is 0.155. The summed E-state index contributed by atoms with van der Waals surface area (Å²) in [5, 5.41) is 3.97. The highest BCUT2D eigenvalue weighted by Crippen LogP contribution is 2.26. The predicted octanol–water partition coefficient (Wildman–Crippen LogP) is 2.01. The van der Waals surface area contributed by atoms with Crippen molar-refractivity contribution in [3.8, 4) is 0 Å². The van der Waals surface area contributed by atoms with Gasteiger partial charge in [-0.25, -0.2) is 9.37 Å². The van der Waals surface area contributed by atoms with E-state index >= 15 is 0 Å². The van der Waals surface area contributed by atoms with E-state index in [0.717, 1.165) is 36.6 Å². The number of hydrogen-bond acceptors (Lipinski definition) is 5. The monoisotopic (exact) mass is 292 g/mol. The SMILES string of the molecule is Nc1ncc(CN2CCNCC2c2cccc(F)c2)s1. The van der Waals surface area contributed by atoms with Crippen LogP contribution in [-0.4, -0.2) is 29.5 Å². The van der Waals surface area contributed by atoms with Gasteiger partial charge in [-0.05, 0) is 17.7 Å². The van der Waals surface area contributed by atoms with Crippen molar-refractivity contribution < 1.29 is 4.39 Å². The van der Waals surface area contributed by atoms with Gasteiger partial charge in [0.2, 0.25) is 0 Å². The van der Waals surface area contributed by atoms with Crippen molar-refractivity contribution in [2.24, 2.45) is 0 Å². The van der Waals surface area contributed by atoms with Crippen molar-refractivity contribution in [3.05, 3.63) is 46.7 Å². The summed E-state index contributed by atoms with van der Waals surface area (Å²) < 4.78 is 13.4. The summed E-state index contributed by atoms with van der Waals surface area (Å²) in [5.41, 5.74) is 6.69. The molecule has 0 bridgehead atoms. The van der Waals surface area contributed by atoms with E-state index in [9.17, 15) is 4.39 Å². The highest BCUT2D eigenvalue weighted by molar-refractivity contribution is 7.15. The number of nitrogen functional groups attached to an aromatic ring is 1. The maximum Gasteiger partial charge on any atom is 0.180 e. The highest BCUT2D eigenvalue weighted by Gasteiger charge is 2.24. The molecule has 1 aromatic heterocycles. The summed E-state index contributed by atoms with van der Waals surface area (Å²) in [5.74, 6) is -0.185. The molecular formula is C14H17FN4S. The molecule has 0 amide bonds. The summed E-state index contributed by atoms with van der Waals surface area (Å²) in [6.45, 7) is 3.51. The van der Waals surface area contributed by atoms with Gasteiger partial charge in [0.25, 0.3) is 0 Å². The summed E-state index contributed by atoms with van der Waals surface area (Å²) in [6.07, 6.45) is 1.82. The van der Waals surface area contributed by atoms with E-state index in [1.165, 1.54) is 17.4 Å². The Morgan fingerprint density at radius 2 is 2.40 bits per heavy atom. The number of aromatic nitrogens is 1. The molecule has 0 spiro atoms. The minimum absolute atomic E-state index is 0.183. The van der Waals surface area contributed by atoms with E-state index in [1.807, 2.05) is 12.3 Å². The molecule has 106 valence electrons. The first kappa shape index (κ1) is 13.5. The van der Waals surface area contributed by atoms with Crippen LogP contribution in [0.3, 0.4) is 0 Å². The fraction of sp³-hybridized carbons (Fsp3) is 0.357. The molecule has 1 atom stereocenters.